The largest absolute Gasteiger partial charge is 0.379 e. The van der Waals surface area contributed by atoms with Gasteiger partial charge >= 0.3 is 0 Å². The molecule has 1 aromatic carbocycles. The van der Waals surface area contributed by atoms with E-state index in [1.165, 1.54) is 12.1 Å². The van der Waals surface area contributed by atoms with Crippen LogP contribution in [0.3, 0.4) is 0 Å². The van der Waals surface area contributed by atoms with Crippen molar-refractivity contribution in [3.05, 3.63) is 28.3 Å². The Labute approximate surface area is 153 Å². The van der Waals surface area contributed by atoms with Crippen molar-refractivity contribution in [2.75, 3.05) is 57.1 Å². The van der Waals surface area contributed by atoms with Crippen molar-refractivity contribution in [1.82, 2.24) is 4.90 Å². The van der Waals surface area contributed by atoms with Gasteiger partial charge in [-0.3, -0.25) is 15.0 Å². The molecule has 2 aliphatic heterocycles. The number of rotatable bonds is 5. The Bertz CT molecular complexity index is 762. The van der Waals surface area contributed by atoms with Crippen molar-refractivity contribution in [3.63, 3.8) is 0 Å². The van der Waals surface area contributed by atoms with Crippen LogP contribution in [0.2, 0.25) is 0 Å². The second kappa shape index (κ2) is 7.89. The van der Waals surface area contributed by atoms with E-state index in [0.717, 1.165) is 65.0 Å². The number of nitro groups is 1. The molecule has 2 saturated heterocycles. The van der Waals surface area contributed by atoms with Crippen LogP contribution in [0.25, 0.3) is 0 Å². The van der Waals surface area contributed by atoms with Gasteiger partial charge in [-0.05, 0) is 24.8 Å². The fourth-order valence-corrected chi connectivity index (χ4v) is 4.67. The molecule has 26 heavy (non-hydrogen) atoms. The van der Waals surface area contributed by atoms with E-state index >= 15 is 0 Å². The molecule has 1 unspecified atom stereocenters. The minimum absolute atomic E-state index is 0.0405. The molecule has 2 aliphatic rings. The predicted molar refractivity (Wildman–Crippen MR) is 98.4 cm³/mol. The van der Waals surface area contributed by atoms with Crippen molar-refractivity contribution in [2.45, 2.75) is 17.7 Å². The number of piperidine rings is 1. The molecule has 0 saturated carbocycles. The highest BCUT2D eigenvalue weighted by Crippen LogP contribution is 2.32. The number of ether oxygens (including phenoxy) is 1. The normalized spacial score (nSPS) is 22.3. The first-order valence-corrected chi connectivity index (χ1v) is 10.8. The third-order valence-corrected chi connectivity index (χ3v) is 6.16. The smallest absolute Gasteiger partial charge is 0.270 e. The van der Waals surface area contributed by atoms with E-state index < -0.39 is 14.8 Å². The Morgan fingerprint density at radius 2 is 2.00 bits per heavy atom. The highest BCUT2D eigenvalue weighted by Gasteiger charge is 2.27. The molecule has 0 radical (unpaired) electrons. The highest BCUT2D eigenvalue weighted by molar-refractivity contribution is 7.90. The molecule has 0 aromatic heterocycles. The van der Waals surface area contributed by atoms with Crippen LogP contribution in [-0.4, -0.2) is 70.4 Å². The minimum atomic E-state index is -3.56. The summed E-state index contributed by atoms with van der Waals surface area (Å²) in [5.74, 6) is 0.449. The van der Waals surface area contributed by atoms with Crippen LogP contribution in [-0.2, 0) is 14.6 Å². The lowest BCUT2D eigenvalue weighted by atomic mass is 9.96. The Morgan fingerprint density at radius 3 is 2.65 bits per heavy atom. The number of nitrogens with zero attached hydrogens (tertiary/aromatic N) is 3. The molecule has 0 spiro atoms. The van der Waals surface area contributed by atoms with Gasteiger partial charge in [0.05, 0.1) is 28.7 Å². The third-order valence-electron chi connectivity index (χ3n) is 5.03. The van der Waals surface area contributed by atoms with Gasteiger partial charge in [0, 0.05) is 51.1 Å². The molecular formula is C17H25N3O5S. The number of non-ortho nitro benzene ring substituents is 1. The van der Waals surface area contributed by atoms with Crippen LogP contribution in [0.5, 0.6) is 0 Å². The number of nitro benzene ring substituents is 1. The second-order valence-electron chi connectivity index (χ2n) is 7.05. The molecule has 0 N–H and O–H groups in total. The average molecular weight is 383 g/mol. The van der Waals surface area contributed by atoms with Crippen LogP contribution < -0.4 is 4.90 Å². The van der Waals surface area contributed by atoms with E-state index in [9.17, 15) is 18.5 Å². The first kappa shape index (κ1) is 19.1. The standard InChI is InChI=1S/C17H25N3O5S/c1-26(23,24)17-11-15(20(21)22)4-5-16(17)19-6-2-3-14(13-19)12-18-7-9-25-10-8-18/h4-5,11,14H,2-3,6-10,12-13H2,1H3. The van der Waals surface area contributed by atoms with Gasteiger partial charge in [-0.2, -0.15) is 0 Å². The molecule has 0 amide bonds. The monoisotopic (exact) mass is 383 g/mol. The first-order valence-electron chi connectivity index (χ1n) is 8.88. The summed E-state index contributed by atoms with van der Waals surface area (Å²) < 4.78 is 29.8. The molecule has 1 atom stereocenters. The Morgan fingerprint density at radius 1 is 1.27 bits per heavy atom. The van der Waals surface area contributed by atoms with Crippen molar-refractivity contribution in [3.8, 4) is 0 Å². The minimum Gasteiger partial charge on any atom is -0.379 e. The van der Waals surface area contributed by atoms with Crippen LogP contribution in [0, 0.1) is 16.0 Å². The van der Waals surface area contributed by atoms with E-state index in [2.05, 4.69) is 9.80 Å². The summed E-state index contributed by atoms with van der Waals surface area (Å²) in [6.07, 6.45) is 3.19. The van der Waals surface area contributed by atoms with E-state index in [-0.39, 0.29) is 10.6 Å². The molecular weight excluding hydrogens is 358 g/mol. The maximum absolute atomic E-state index is 12.2. The van der Waals surface area contributed by atoms with Gasteiger partial charge < -0.3 is 9.64 Å². The molecule has 144 valence electrons. The van der Waals surface area contributed by atoms with E-state index in [0.29, 0.717) is 11.6 Å². The van der Waals surface area contributed by atoms with E-state index in [4.69, 9.17) is 4.74 Å². The van der Waals surface area contributed by atoms with Crippen molar-refractivity contribution >= 4 is 21.2 Å². The fraction of sp³-hybridized carbons (Fsp3) is 0.647. The number of sulfone groups is 1. The Kier molecular flexibility index (Phi) is 5.79. The quantitative estimate of drug-likeness (QED) is 0.562. The van der Waals surface area contributed by atoms with Crippen LogP contribution in [0.4, 0.5) is 11.4 Å². The number of benzene rings is 1. The van der Waals surface area contributed by atoms with Crippen LogP contribution in [0.15, 0.2) is 23.1 Å². The molecule has 8 nitrogen and oxygen atoms in total. The van der Waals surface area contributed by atoms with Crippen LogP contribution >= 0.6 is 0 Å². The SMILES string of the molecule is CS(=O)(=O)c1cc([N+](=O)[O-])ccc1N1CCCC(CN2CCOCC2)C1. The van der Waals surface area contributed by atoms with Gasteiger partial charge in [-0.15, -0.1) is 0 Å². The lowest BCUT2D eigenvalue weighted by molar-refractivity contribution is -0.385. The third kappa shape index (κ3) is 4.52. The van der Waals surface area contributed by atoms with Gasteiger partial charge in [0.25, 0.3) is 5.69 Å². The van der Waals surface area contributed by atoms with E-state index in [1.54, 1.807) is 6.07 Å². The summed E-state index contributed by atoms with van der Waals surface area (Å²) in [6, 6.07) is 4.14. The lowest BCUT2D eigenvalue weighted by Crippen LogP contribution is -2.44. The first-order chi connectivity index (χ1) is 12.3. The summed E-state index contributed by atoms with van der Waals surface area (Å²) in [5.41, 5.74) is 0.376. The van der Waals surface area contributed by atoms with Gasteiger partial charge in [0.2, 0.25) is 0 Å². The van der Waals surface area contributed by atoms with Crippen molar-refractivity contribution in [2.24, 2.45) is 5.92 Å². The van der Waals surface area contributed by atoms with Gasteiger partial charge in [0.15, 0.2) is 9.84 Å². The second-order valence-corrected chi connectivity index (χ2v) is 9.03. The number of morpholine rings is 1. The summed E-state index contributed by atoms with van der Waals surface area (Å²) in [5, 5.41) is 11.0. The number of anilines is 1. The highest BCUT2D eigenvalue weighted by atomic mass is 32.2. The molecule has 9 heteroatoms. The number of hydrogen-bond donors (Lipinski definition) is 0. The summed E-state index contributed by atoms with van der Waals surface area (Å²) in [7, 11) is -3.56. The zero-order valence-electron chi connectivity index (χ0n) is 15.0. The molecule has 2 heterocycles. The molecule has 3 rings (SSSR count). The van der Waals surface area contributed by atoms with Gasteiger partial charge in [-0.25, -0.2) is 8.42 Å². The maximum Gasteiger partial charge on any atom is 0.270 e. The molecule has 1 aromatic rings. The molecule has 0 bridgehead atoms. The molecule has 2 fully saturated rings. The predicted octanol–water partition coefficient (Wildman–Crippen LogP) is 1.55. The summed E-state index contributed by atoms with van der Waals surface area (Å²) in [4.78, 5) is 15.0. The number of hydrogen-bond acceptors (Lipinski definition) is 7. The average Bonchev–Trinajstić information content (AvgIpc) is 2.61. The zero-order chi connectivity index (χ0) is 18.7. The van der Waals surface area contributed by atoms with Gasteiger partial charge in [0.1, 0.15) is 0 Å². The fourth-order valence-electron chi connectivity index (χ4n) is 3.76. The lowest BCUT2D eigenvalue weighted by Gasteiger charge is -2.38. The van der Waals surface area contributed by atoms with Crippen LogP contribution in [0.1, 0.15) is 12.8 Å². The Balaban J connectivity index is 1.80. The molecule has 0 aliphatic carbocycles. The van der Waals surface area contributed by atoms with E-state index in [1.807, 2.05) is 0 Å². The Hall–Kier alpha value is -1.71. The maximum atomic E-state index is 12.2. The zero-order valence-corrected chi connectivity index (χ0v) is 15.8. The topological polar surface area (TPSA) is 93.0 Å². The summed E-state index contributed by atoms with van der Waals surface area (Å²) >= 11 is 0. The van der Waals surface area contributed by atoms with Crippen molar-refractivity contribution in [1.29, 1.82) is 0 Å². The van der Waals surface area contributed by atoms with Crippen molar-refractivity contribution < 1.29 is 18.1 Å². The van der Waals surface area contributed by atoms with Gasteiger partial charge in [-0.1, -0.05) is 0 Å². The summed E-state index contributed by atoms with van der Waals surface area (Å²) in [6.45, 7) is 5.89.